The van der Waals surface area contributed by atoms with Crippen molar-refractivity contribution in [3.05, 3.63) is 45.7 Å². The number of hydrogen-bond acceptors (Lipinski definition) is 4. The van der Waals surface area contributed by atoms with Gasteiger partial charge in [-0.15, -0.1) is 5.10 Å². The van der Waals surface area contributed by atoms with Gasteiger partial charge in [0.2, 0.25) is 0 Å². The standard InChI is InChI=1S/C14H17FN2OS/c1-3-4-12-14(19-17-16-12)13(18)8-10-7-11(15)6-5-9(10)2/h5-7,13,18H,3-4,8H2,1-2H3. The van der Waals surface area contributed by atoms with Gasteiger partial charge >= 0.3 is 0 Å². The normalized spacial score (nSPS) is 12.6. The second-order valence-corrected chi connectivity index (χ2v) is 5.41. The highest BCUT2D eigenvalue weighted by atomic mass is 32.1. The first-order chi connectivity index (χ1) is 9.11. The third-order valence-electron chi connectivity index (χ3n) is 3.10. The Morgan fingerprint density at radius 1 is 1.42 bits per heavy atom. The molecule has 1 atom stereocenters. The molecule has 0 aliphatic carbocycles. The van der Waals surface area contributed by atoms with Gasteiger partial charge in [0.05, 0.1) is 16.7 Å². The van der Waals surface area contributed by atoms with Gasteiger partial charge in [-0.05, 0) is 48.1 Å². The summed E-state index contributed by atoms with van der Waals surface area (Å²) in [5, 5.41) is 14.3. The van der Waals surface area contributed by atoms with Crippen LogP contribution >= 0.6 is 11.5 Å². The lowest BCUT2D eigenvalue weighted by atomic mass is 10.0. The fourth-order valence-corrected chi connectivity index (χ4v) is 2.72. The molecule has 3 nitrogen and oxygen atoms in total. The molecule has 0 aliphatic heterocycles. The van der Waals surface area contributed by atoms with E-state index in [1.54, 1.807) is 6.07 Å². The van der Waals surface area contributed by atoms with E-state index in [4.69, 9.17) is 0 Å². The molecule has 1 unspecified atom stereocenters. The van der Waals surface area contributed by atoms with E-state index in [9.17, 15) is 9.50 Å². The number of rotatable bonds is 5. The predicted octanol–water partition coefficient (Wildman–Crippen LogP) is 3.21. The van der Waals surface area contributed by atoms with Crippen LogP contribution in [0, 0.1) is 12.7 Å². The zero-order valence-electron chi connectivity index (χ0n) is 11.1. The molecule has 0 bridgehead atoms. The van der Waals surface area contributed by atoms with Crippen LogP contribution in [0.2, 0.25) is 0 Å². The summed E-state index contributed by atoms with van der Waals surface area (Å²) in [6, 6.07) is 4.64. The lowest BCUT2D eigenvalue weighted by Gasteiger charge is -2.12. The zero-order valence-corrected chi connectivity index (χ0v) is 11.9. The van der Waals surface area contributed by atoms with Gasteiger partial charge in [-0.1, -0.05) is 23.9 Å². The summed E-state index contributed by atoms with van der Waals surface area (Å²) < 4.78 is 17.1. The van der Waals surface area contributed by atoms with Gasteiger partial charge in [-0.3, -0.25) is 0 Å². The van der Waals surface area contributed by atoms with Gasteiger partial charge in [0.1, 0.15) is 5.82 Å². The van der Waals surface area contributed by atoms with Crippen LogP contribution in [0.5, 0.6) is 0 Å². The lowest BCUT2D eigenvalue weighted by Crippen LogP contribution is -2.05. The minimum atomic E-state index is -0.665. The monoisotopic (exact) mass is 280 g/mol. The van der Waals surface area contributed by atoms with E-state index in [0.717, 1.165) is 34.5 Å². The number of halogens is 1. The fourth-order valence-electron chi connectivity index (χ4n) is 2.04. The van der Waals surface area contributed by atoms with E-state index in [0.29, 0.717) is 6.42 Å². The number of aromatic nitrogens is 2. The summed E-state index contributed by atoms with van der Waals surface area (Å²) in [5.41, 5.74) is 2.66. The van der Waals surface area contributed by atoms with Gasteiger partial charge in [0, 0.05) is 6.42 Å². The molecule has 5 heteroatoms. The van der Waals surface area contributed by atoms with Crippen molar-refractivity contribution in [1.29, 1.82) is 0 Å². The predicted molar refractivity (Wildman–Crippen MR) is 73.7 cm³/mol. The highest BCUT2D eigenvalue weighted by Crippen LogP contribution is 2.26. The first kappa shape index (κ1) is 14.1. The molecule has 0 spiro atoms. The maximum Gasteiger partial charge on any atom is 0.123 e. The fraction of sp³-hybridized carbons (Fsp3) is 0.429. The Balaban J connectivity index is 2.18. The summed E-state index contributed by atoms with van der Waals surface area (Å²) in [7, 11) is 0. The van der Waals surface area contributed by atoms with Crippen LogP contribution < -0.4 is 0 Å². The quantitative estimate of drug-likeness (QED) is 0.914. The molecule has 1 aromatic carbocycles. The summed E-state index contributed by atoms with van der Waals surface area (Å²) in [5.74, 6) is -0.274. The Morgan fingerprint density at radius 2 is 2.21 bits per heavy atom. The van der Waals surface area contributed by atoms with Gasteiger partial charge in [0.15, 0.2) is 0 Å². The Hall–Kier alpha value is -1.33. The highest BCUT2D eigenvalue weighted by Gasteiger charge is 2.18. The van der Waals surface area contributed by atoms with Crippen molar-refractivity contribution in [3.63, 3.8) is 0 Å². The average molecular weight is 280 g/mol. The number of hydrogen-bond donors (Lipinski definition) is 1. The van der Waals surface area contributed by atoms with Crippen molar-refractivity contribution < 1.29 is 9.50 Å². The van der Waals surface area contributed by atoms with Crippen LogP contribution in [0.15, 0.2) is 18.2 Å². The minimum absolute atomic E-state index is 0.274. The second-order valence-electron chi connectivity index (χ2n) is 4.62. The van der Waals surface area contributed by atoms with E-state index >= 15 is 0 Å². The number of aryl methyl sites for hydroxylation is 2. The molecule has 2 rings (SSSR count). The molecular weight excluding hydrogens is 263 g/mol. The summed E-state index contributed by atoms with van der Waals surface area (Å²) in [4.78, 5) is 0.797. The zero-order chi connectivity index (χ0) is 13.8. The SMILES string of the molecule is CCCc1nnsc1C(O)Cc1cc(F)ccc1C. The number of benzene rings is 1. The van der Waals surface area contributed by atoms with Crippen LogP contribution in [-0.4, -0.2) is 14.7 Å². The first-order valence-corrected chi connectivity index (χ1v) is 7.13. The van der Waals surface area contributed by atoms with Crippen molar-refractivity contribution in [2.24, 2.45) is 0 Å². The Morgan fingerprint density at radius 3 is 2.95 bits per heavy atom. The molecule has 102 valence electrons. The van der Waals surface area contributed by atoms with Crippen molar-refractivity contribution in [2.45, 2.75) is 39.2 Å². The molecular formula is C14H17FN2OS. The molecule has 0 saturated heterocycles. The maximum absolute atomic E-state index is 13.2. The number of aliphatic hydroxyl groups excluding tert-OH is 1. The molecule has 0 fully saturated rings. The molecule has 0 radical (unpaired) electrons. The summed E-state index contributed by atoms with van der Waals surface area (Å²) in [6.07, 6.45) is 1.50. The van der Waals surface area contributed by atoms with Crippen LogP contribution in [-0.2, 0) is 12.8 Å². The van der Waals surface area contributed by atoms with Gasteiger partial charge in [0.25, 0.3) is 0 Å². The first-order valence-electron chi connectivity index (χ1n) is 6.36. The van der Waals surface area contributed by atoms with E-state index in [1.807, 2.05) is 6.92 Å². The highest BCUT2D eigenvalue weighted by molar-refractivity contribution is 7.05. The Kier molecular flexibility index (Phi) is 4.61. The number of aliphatic hydroxyl groups is 1. The molecule has 2 aromatic rings. The number of nitrogens with zero attached hydrogens (tertiary/aromatic N) is 2. The smallest absolute Gasteiger partial charge is 0.123 e. The van der Waals surface area contributed by atoms with Crippen LogP contribution in [0.1, 0.15) is 41.1 Å². The molecule has 1 aromatic heterocycles. The summed E-state index contributed by atoms with van der Waals surface area (Å²) >= 11 is 1.22. The minimum Gasteiger partial charge on any atom is -0.387 e. The Labute approximate surface area is 116 Å². The maximum atomic E-state index is 13.2. The van der Waals surface area contributed by atoms with Crippen molar-refractivity contribution in [2.75, 3.05) is 0 Å². The van der Waals surface area contributed by atoms with E-state index in [2.05, 4.69) is 16.5 Å². The van der Waals surface area contributed by atoms with Crippen molar-refractivity contribution >= 4 is 11.5 Å². The van der Waals surface area contributed by atoms with Gasteiger partial charge < -0.3 is 5.11 Å². The molecule has 19 heavy (non-hydrogen) atoms. The average Bonchev–Trinajstić information content (AvgIpc) is 2.82. The third kappa shape index (κ3) is 3.36. The molecule has 0 saturated carbocycles. The van der Waals surface area contributed by atoms with E-state index in [1.165, 1.54) is 23.7 Å². The van der Waals surface area contributed by atoms with Crippen molar-refractivity contribution in [1.82, 2.24) is 9.59 Å². The lowest BCUT2D eigenvalue weighted by molar-refractivity contribution is 0.180. The van der Waals surface area contributed by atoms with E-state index < -0.39 is 6.10 Å². The van der Waals surface area contributed by atoms with E-state index in [-0.39, 0.29) is 5.82 Å². The Bertz CT molecular complexity index is 556. The molecule has 1 heterocycles. The van der Waals surface area contributed by atoms with Crippen molar-refractivity contribution in [3.8, 4) is 0 Å². The molecule has 0 amide bonds. The topological polar surface area (TPSA) is 46.0 Å². The van der Waals surface area contributed by atoms with Crippen LogP contribution in [0.25, 0.3) is 0 Å². The summed E-state index contributed by atoms with van der Waals surface area (Å²) in [6.45, 7) is 3.98. The van der Waals surface area contributed by atoms with Crippen LogP contribution in [0.4, 0.5) is 4.39 Å². The third-order valence-corrected chi connectivity index (χ3v) is 3.97. The molecule has 1 N–H and O–H groups in total. The largest absolute Gasteiger partial charge is 0.387 e. The molecule has 0 aliphatic rings. The van der Waals surface area contributed by atoms with Crippen LogP contribution in [0.3, 0.4) is 0 Å². The second kappa shape index (κ2) is 6.21. The van der Waals surface area contributed by atoms with Gasteiger partial charge in [-0.25, -0.2) is 4.39 Å². The van der Waals surface area contributed by atoms with Gasteiger partial charge in [-0.2, -0.15) is 0 Å².